The van der Waals surface area contributed by atoms with Crippen molar-refractivity contribution in [3.8, 4) is 0 Å². The van der Waals surface area contributed by atoms with Gasteiger partial charge in [0.15, 0.2) is 0 Å². The van der Waals surface area contributed by atoms with E-state index in [-0.39, 0.29) is 5.91 Å². The largest absolute Gasteiger partial charge is 0.398 e. The molecule has 2 aromatic rings. The molecule has 1 amide bonds. The third kappa shape index (κ3) is 2.10. The van der Waals surface area contributed by atoms with Gasteiger partial charge in [0.2, 0.25) is 0 Å². The summed E-state index contributed by atoms with van der Waals surface area (Å²) in [6.07, 6.45) is 0.820. The van der Waals surface area contributed by atoms with Gasteiger partial charge < -0.3 is 10.6 Å². The Balaban J connectivity index is 1.97. The number of amides is 1. The average Bonchev–Trinajstić information content (AvgIpc) is 2.86. The number of benzene rings is 2. The number of anilines is 2. The molecule has 4 heteroatoms. The molecular formula is C16H15BrN2O. The predicted molar refractivity (Wildman–Crippen MR) is 85.1 cm³/mol. The number of nitrogens with two attached hydrogens (primary N) is 1. The van der Waals surface area contributed by atoms with Gasteiger partial charge in [-0.2, -0.15) is 0 Å². The maximum absolute atomic E-state index is 12.6. The molecule has 0 aliphatic carbocycles. The van der Waals surface area contributed by atoms with E-state index in [0.29, 0.717) is 12.1 Å². The molecule has 0 spiro atoms. The van der Waals surface area contributed by atoms with Gasteiger partial charge in [0.25, 0.3) is 5.91 Å². The highest BCUT2D eigenvalue weighted by atomic mass is 79.9. The van der Waals surface area contributed by atoms with E-state index in [1.807, 2.05) is 48.2 Å². The van der Waals surface area contributed by atoms with Gasteiger partial charge >= 0.3 is 0 Å². The fourth-order valence-corrected chi connectivity index (χ4v) is 2.93. The summed E-state index contributed by atoms with van der Waals surface area (Å²) in [5, 5.41) is 0. The zero-order valence-electron chi connectivity index (χ0n) is 11.2. The Morgan fingerprint density at radius 1 is 1.30 bits per heavy atom. The monoisotopic (exact) mass is 330 g/mol. The number of hydrogen-bond donors (Lipinski definition) is 1. The predicted octanol–water partition coefficient (Wildman–Crippen LogP) is 3.54. The van der Waals surface area contributed by atoms with Gasteiger partial charge in [-0.3, -0.25) is 4.79 Å². The summed E-state index contributed by atoms with van der Waals surface area (Å²) >= 11 is 3.48. The van der Waals surface area contributed by atoms with Crippen molar-refractivity contribution in [3.63, 3.8) is 0 Å². The normalized spacial score (nSPS) is 13.4. The average molecular weight is 331 g/mol. The van der Waals surface area contributed by atoms with Gasteiger partial charge in [-0.15, -0.1) is 0 Å². The van der Waals surface area contributed by atoms with Crippen LogP contribution in [0.25, 0.3) is 0 Å². The Kier molecular flexibility index (Phi) is 3.26. The van der Waals surface area contributed by atoms with Crippen LogP contribution in [-0.4, -0.2) is 12.5 Å². The van der Waals surface area contributed by atoms with E-state index in [4.69, 9.17) is 5.73 Å². The molecule has 1 heterocycles. The molecule has 1 aliphatic heterocycles. The molecule has 102 valence electrons. The SMILES string of the molecule is Cc1ccc(C(=O)N2CCc3c(N)cccc32)cc1Br. The van der Waals surface area contributed by atoms with Crippen LogP contribution in [0.5, 0.6) is 0 Å². The van der Waals surface area contributed by atoms with Gasteiger partial charge in [-0.1, -0.05) is 28.1 Å². The molecule has 0 bridgehead atoms. The number of aryl methyl sites for hydroxylation is 1. The zero-order chi connectivity index (χ0) is 14.3. The van der Waals surface area contributed by atoms with Crippen LogP contribution in [0.2, 0.25) is 0 Å². The summed E-state index contributed by atoms with van der Waals surface area (Å²) in [5.74, 6) is 0.0232. The van der Waals surface area contributed by atoms with E-state index < -0.39 is 0 Å². The van der Waals surface area contributed by atoms with Crippen molar-refractivity contribution in [3.05, 3.63) is 57.6 Å². The van der Waals surface area contributed by atoms with Crippen LogP contribution < -0.4 is 10.6 Å². The number of hydrogen-bond acceptors (Lipinski definition) is 2. The van der Waals surface area contributed by atoms with E-state index in [0.717, 1.165) is 33.4 Å². The molecule has 0 atom stereocenters. The Labute approximate surface area is 126 Å². The summed E-state index contributed by atoms with van der Waals surface area (Å²) in [5.41, 5.74) is 10.6. The Morgan fingerprint density at radius 2 is 2.10 bits per heavy atom. The van der Waals surface area contributed by atoms with Gasteiger partial charge in [0.05, 0.1) is 0 Å². The van der Waals surface area contributed by atoms with Gasteiger partial charge in [-0.25, -0.2) is 0 Å². The van der Waals surface area contributed by atoms with Crippen molar-refractivity contribution in [2.45, 2.75) is 13.3 Å². The van der Waals surface area contributed by atoms with Crippen LogP contribution in [0.4, 0.5) is 11.4 Å². The number of fused-ring (bicyclic) bond motifs is 1. The maximum Gasteiger partial charge on any atom is 0.258 e. The molecule has 0 radical (unpaired) electrons. The highest BCUT2D eigenvalue weighted by Crippen LogP contribution is 2.33. The Hall–Kier alpha value is -1.81. The first kappa shape index (κ1) is 13.2. The van der Waals surface area contributed by atoms with Crippen LogP contribution >= 0.6 is 15.9 Å². The molecule has 0 unspecified atom stereocenters. The van der Waals surface area contributed by atoms with Crippen LogP contribution in [0.15, 0.2) is 40.9 Å². The van der Waals surface area contributed by atoms with E-state index in [1.165, 1.54) is 0 Å². The number of nitrogen functional groups attached to an aromatic ring is 1. The van der Waals surface area contributed by atoms with Gasteiger partial charge in [0.1, 0.15) is 0 Å². The lowest BCUT2D eigenvalue weighted by atomic mass is 10.1. The molecule has 0 aromatic heterocycles. The third-order valence-electron chi connectivity index (χ3n) is 3.73. The summed E-state index contributed by atoms with van der Waals surface area (Å²) < 4.78 is 0.954. The lowest BCUT2D eigenvalue weighted by Gasteiger charge is -2.18. The minimum Gasteiger partial charge on any atom is -0.398 e. The second kappa shape index (κ2) is 4.94. The topological polar surface area (TPSA) is 46.3 Å². The summed E-state index contributed by atoms with van der Waals surface area (Å²) in [6, 6.07) is 11.4. The first-order valence-electron chi connectivity index (χ1n) is 6.53. The number of nitrogens with zero attached hydrogens (tertiary/aromatic N) is 1. The molecule has 3 nitrogen and oxygen atoms in total. The fourth-order valence-electron chi connectivity index (χ4n) is 2.55. The summed E-state index contributed by atoms with van der Waals surface area (Å²) in [4.78, 5) is 14.5. The van der Waals surface area contributed by atoms with E-state index in [9.17, 15) is 4.79 Å². The molecule has 2 N–H and O–H groups in total. The molecule has 2 aromatic carbocycles. The molecule has 20 heavy (non-hydrogen) atoms. The van der Waals surface area contributed by atoms with Crippen molar-refractivity contribution in [2.75, 3.05) is 17.2 Å². The first-order chi connectivity index (χ1) is 9.58. The molecule has 0 saturated carbocycles. The van der Waals surface area contributed by atoms with Crippen LogP contribution in [0.1, 0.15) is 21.5 Å². The van der Waals surface area contributed by atoms with E-state index in [1.54, 1.807) is 0 Å². The molecular weight excluding hydrogens is 316 g/mol. The van der Waals surface area contributed by atoms with Crippen LogP contribution in [0, 0.1) is 6.92 Å². The molecule has 0 saturated heterocycles. The van der Waals surface area contributed by atoms with E-state index in [2.05, 4.69) is 15.9 Å². The van der Waals surface area contributed by atoms with Crippen molar-refractivity contribution < 1.29 is 4.79 Å². The van der Waals surface area contributed by atoms with Crippen LogP contribution in [-0.2, 0) is 6.42 Å². The molecule has 3 rings (SSSR count). The van der Waals surface area contributed by atoms with Crippen molar-refractivity contribution in [1.82, 2.24) is 0 Å². The maximum atomic E-state index is 12.6. The number of halogens is 1. The fraction of sp³-hybridized carbons (Fsp3) is 0.188. The van der Waals surface area contributed by atoms with Crippen molar-refractivity contribution in [2.24, 2.45) is 0 Å². The number of carbonyl (C=O) groups is 1. The minimum atomic E-state index is 0.0232. The lowest BCUT2D eigenvalue weighted by Crippen LogP contribution is -2.28. The quantitative estimate of drug-likeness (QED) is 0.813. The van der Waals surface area contributed by atoms with Crippen molar-refractivity contribution in [1.29, 1.82) is 0 Å². The Morgan fingerprint density at radius 3 is 2.85 bits per heavy atom. The Bertz CT molecular complexity index is 697. The highest BCUT2D eigenvalue weighted by Gasteiger charge is 2.26. The van der Waals surface area contributed by atoms with E-state index >= 15 is 0 Å². The number of rotatable bonds is 1. The van der Waals surface area contributed by atoms with Gasteiger partial charge in [0, 0.05) is 33.5 Å². The van der Waals surface area contributed by atoms with Crippen LogP contribution in [0.3, 0.4) is 0 Å². The first-order valence-corrected chi connectivity index (χ1v) is 7.32. The molecule has 1 aliphatic rings. The second-order valence-electron chi connectivity index (χ2n) is 5.02. The smallest absolute Gasteiger partial charge is 0.258 e. The number of carbonyl (C=O) groups excluding carboxylic acids is 1. The van der Waals surface area contributed by atoms with Gasteiger partial charge in [-0.05, 0) is 43.2 Å². The lowest BCUT2D eigenvalue weighted by molar-refractivity contribution is 0.0989. The standard InChI is InChI=1S/C16H15BrN2O/c1-10-5-6-11(9-13(10)17)16(20)19-8-7-12-14(18)3-2-4-15(12)19/h2-6,9H,7-8,18H2,1H3. The third-order valence-corrected chi connectivity index (χ3v) is 4.58. The molecule has 0 fully saturated rings. The second-order valence-corrected chi connectivity index (χ2v) is 5.87. The minimum absolute atomic E-state index is 0.0232. The summed E-state index contributed by atoms with van der Waals surface area (Å²) in [6.45, 7) is 2.69. The van der Waals surface area contributed by atoms with Crippen molar-refractivity contribution >= 4 is 33.2 Å². The highest BCUT2D eigenvalue weighted by molar-refractivity contribution is 9.10. The summed E-state index contributed by atoms with van der Waals surface area (Å²) in [7, 11) is 0. The zero-order valence-corrected chi connectivity index (χ0v) is 12.8.